The molecule has 0 aliphatic rings. The summed E-state index contributed by atoms with van der Waals surface area (Å²) in [6, 6.07) is 10.8. The molecule has 0 aromatic heterocycles. The van der Waals surface area contributed by atoms with Gasteiger partial charge >= 0.3 is 0 Å². The molecule has 0 aliphatic carbocycles. The first-order valence-electron chi connectivity index (χ1n) is 6.40. The number of carbonyl (C=O) groups excluding carboxylic acids is 2. The molecule has 6 nitrogen and oxygen atoms in total. The van der Waals surface area contributed by atoms with E-state index < -0.39 is 11.9 Å². The van der Waals surface area contributed by atoms with Crippen LogP contribution in [0.5, 0.6) is 11.5 Å². The molecule has 0 bridgehead atoms. The molecule has 0 unspecified atom stereocenters. The number of ether oxygens (including phenoxy) is 2. The molecule has 0 saturated carbocycles. The second-order valence-electron chi connectivity index (χ2n) is 4.36. The number of methoxy groups -OCH3 is 2. The monoisotopic (exact) mass is 300 g/mol. The molecular formula is C16H14NO5-. The van der Waals surface area contributed by atoms with Crippen LogP contribution in [0.1, 0.15) is 20.7 Å². The van der Waals surface area contributed by atoms with Gasteiger partial charge in [0.05, 0.1) is 20.2 Å². The van der Waals surface area contributed by atoms with Gasteiger partial charge in [-0.3, -0.25) is 4.79 Å². The number of aromatic carboxylic acids is 1. The lowest BCUT2D eigenvalue weighted by atomic mass is 10.1. The predicted octanol–water partition coefficient (Wildman–Crippen LogP) is 1.32. The molecule has 0 radical (unpaired) electrons. The first-order chi connectivity index (χ1) is 10.6. The SMILES string of the molecule is COc1cccc(OC)c1C(=O)Nc1cccc(C(=O)[O-])c1. The van der Waals surface area contributed by atoms with E-state index in [1.54, 1.807) is 24.3 Å². The van der Waals surface area contributed by atoms with Gasteiger partial charge in [-0.05, 0) is 29.8 Å². The molecule has 0 spiro atoms. The summed E-state index contributed by atoms with van der Waals surface area (Å²) in [5.41, 5.74) is 0.538. The fraction of sp³-hybridized carbons (Fsp3) is 0.125. The van der Waals surface area contributed by atoms with Crippen molar-refractivity contribution in [3.8, 4) is 11.5 Å². The molecule has 2 aromatic carbocycles. The third-order valence-electron chi connectivity index (χ3n) is 3.01. The minimum absolute atomic E-state index is 0.0233. The molecule has 0 aliphatic heterocycles. The van der Waals surface area contributed by atoms with Gasteiger partial charge in [-0.1, -0.05) is 18.2 Å². The highest BCUT2D eigenvalue weighted by atomic mass is 16.5. The zero-order valence-electron chi connectivity index (χ0n) is 12.1. The summed E-state index contributed by atoms with van der Waals surface area (Å²) >= 11 is 0. The van der Waals surface area contributed by atoms with E-state index in [4.69, 9.17) is 9.47 Å². The van der Waals surface area contributed by atoms with Gasteiger partial charge in [-0.2, -0.15) is 0 Å². The molecule has 22 heavy (non-hydrogen) atoms. The molecule has 0 saturated heterocycles. The zero-order chi connectivity index (χ0) is 16.1. The van der Waals surface area contributed by atoms with E-state index in [0.29, 0.717) is 17.2 Å². The highest BCUT2D eigenvalue weighted by Gasteiger charge is 2.18. The van der Waals surface area contributed by atoms with Gasteiger partial charge in [-0.15, -0.1) is 0 Å². The van der Waals surface area contributed by atoms with Gasteiger partial charge in [0, 0.05) is 5.69 Å². The van der Waals surface area contributed by atoms with Gasteiger partial charge in [0.1, 0.15) is 17.1 Å². The standard InChI is InChI=1S/C16H15NO5/c1-21-12-7-4-8-13(22-2)14(12)15(18)17-11-6-3-5-10(9-11)16(19)20/h3-9H,1-2H3,(H,17,18)(H,19,20)/p-1. The Balaban J connectivity index is 2.33. The maximum Gasteiger partial charge on any atom is 0.263 e. The predicted molar refractivity (Wildman–Crippen MR) is 78.3 cm³/mol. The van der Waals surface area contributed by atoms with E-state index in [0.717, 1.165) is 0 Å². The van der Waals surface area contributed by atoms with Gasteiger partial charge in [-0.25, -0.2) is 0 Å². The fourth-order valence-electron chi connectivity index (χ4n) is 1.99. The molecule has 1 N–H and O–H groups in total. The van der Waals surface area contributed by atoms with Crippen LogP contribution >= 0.6 is 0 Å². The van der Waals surface area contributed by atoms with Gasteiger partial charge in [0.15, 0.2) is 0 Å². The molecular weight excluding hydrogens is 286 g/mol. The summed E-state index contributed by atoms with van der Waals surface area (Å²) in [7, 11) is 2.89. The molecule has 1 amide bonds. The number of carbonyl (C=O) groups is 2. The second-order valence-corrected chi connectivity index (χ2v) is 4.36. The number of rotatable bonds is 5. The van der Waals surface area contributed by atoms with Gasteiger partial charge in [0.2, 0.25) is 0 Å². The van der Waals surface area contributed by atoms with Crippen LogP contribution in [0, 0.1) is 0 Å². The van der Waals surface area contributed by atoms with E-state index >= 15 is 0 Å². The van der Waals surface area contributed by atoms with Crippen molar-refractivity contribution in [1.82, 2.24) is 0 Å². The molecule has 0 fully saturated rings. The Kier molecular flexibility index (Phi) is 4.63. The van der Waals surface area contributed by atoms with E-state index in [1.807, 2.05) is 0 Å². The summed E-state index contributed by atoms with van der Waals surface area (Å²) in [5, 5.41) is 13.5. The number of carboxylic acids is 1. The summed E-state index contributed by atoms with van der Waals surface area (Å²) in [5.74, 6) is -1.07. The first kappa shape index (κ1) is 15.4. The second kappa shape index (κ2) is 6.62. The third kappa shape index (κ3) is 3.17. The number of carboxylic acid groups (broad SMARTS) is 1. The number of benzene rings is 2. The Morgan fingerprint density at radius 1 is 1.00 bits per heavy atom. The maximum absolute atomic E-state index is 12.4. The molecule has 0 atom stereocenters. The molecule has 6 heteroatoms. The average Bonchev–Trinajstić information content (AvgIpc) is 2.54. The first-order valence-corrected chi connectivity index (χ1v) is 6.40. The smallest absolute Gasteiger partial charge is 0.263 e. The maximum atomic E-state index is 12.4. The lowest BCUT2D eigenvalue weighted by Crippen LogP contribution is -2.22. The van der Waals surface area contributed by atoms with E-state index in [9.17, 15) is 14.7 Å². The Morgan fingerprint density at radius 2 is 1.59 bits per heavy atom. The summed E-state index contributed by atoms with van der Waals surface area (Å²) in [4.78, 5) is 23.3. The summed E-state index contributed by atoms with van der Waals surface area (Å²) in [6.45, 7) is 0. The number of nitrogens with one attached hydrogen (secondary N) is 1. The van der Waals surface area contributed by atoms with Gasteiger partial charge in [0.25, 0.3) is 5.91 Å². The highest BCUT2D eigenvalue weighted by molar-refractivity contribution is 6.08. The van der Waals surface area contributed by atoms with Crippen LogP contribution in [-0.2, 0) is 0 Å². The lowest BCUT2D eigenvalue weighted by Gasteiger charge is -2.13. The van der Waals surface area contributed by atoms with Crippen LogP contribution in [0.2, 0.25) is 0 Å². The number of amides is 1. The molecule has 2 aromatic rings. The Hall–Kier alpha value is -3.02. The largest absolute Gasteiger partial charge is 0.545 e. The minimum Gasteiger partial charge on any atom is -0.545 e. The number of hydrogen-bond acceptors (Lipinski definition) is 5. The highest BCUT2D eigenvalue weighted by Crippen LogP contribution is 2.29. The van der Waals surface area contributed by atoms with Crippen molar-refractivity contribution >= 4 is 17.6 Å². The summed E-state index contributed by atoms with van der Waals surface area (Å²) in [6.07, 6.45) is 0. The topological polar surface area (TPSA) is 87.7 Å². The van der Waals surface area contributed by atoms with E-state index in [1.165, 1.54) is 32.4 Å². The van der Waals surface area contributed by atoms with Crippen LogP contribution < -0.4 is 19.9 Å². The molecule has 114 valence electrons. The third-order valence-corrected chi connectivity index (χ3v) is 3.01. The Morgan fingerprint density at radius 3 is 2.14 bits per heavy atom. The van der Waals surface area contributed by atoms with Crippen LogP contribution in [0.15, 0.2) is 42.5 Å². The normalized spacial score (nSPS) is 9.91. The van der Waals surface area contributed by atoms with Crippen molar-refractivity contribution in [1.29, 1.82) is 0 Å². The van der Waals surface area contributed by atoms with Crippen molar-refractivity contribution in [2.45, 2.75) is 0 Å². The number of anilines is 1. The van der Waals surface area contributed by atoms with Gasteiger partial charge < -0.3 is 24.7 Å². The number of hydrogen-bond donors (Lipinski definition) is 1. The van der Waals surface area contributed by atoms with E-state index in [-0.39, 0.29) is 11.1 Å². The summed E-state index contributed by atoms with van der Waals surface area (Å²) < 4.78 is 10.3. The molecule has 2 rings (SSSR count). The van der Waals surface area contributed by atoms with Crippen LogP contribution in [-0.4, -0.2) is 26.1 Å². The van der Waals surface area contributed by atoms with Crippen LogP contribution in [0.3, 0.4) is 0 Å². The molecule has 0 heterocycles. The van der Waals surface area contributed by atoms with Crippen LogP contribution in [0.25, 0.3) is 0 Å². The van der Waals surface area contributed by atoms with Crippen molar-refractivity contribution in [3.63, 3.8) is 0 Å². The average molecular weight is 300 g/mol. The van der Waals surface area contributed by atoms with E-state index in [2.05, 4.69) is 5.32 Å². The van der Waals surface area contributed by atoms with Crippen LogP contribution in [0.4, 0.5) is 5.69 Å². The van der Waals surface area contributed by atoms with Crippen molar-refractivity contribution in [3.05, 3.63) is 53.6 Å². The fourth-order valence-corrected chi connectivity index (χ4v) is 1.99. The van der Waals surface area contributed by atoms with Crippen molar-refractivity contribution < 1.29 is 24.2 Å². The zero-order valence-corrected chi connectivity index (χ0v) is 12.1. The van der Waals surface area contributed by atoms with Crippen molar-refractivity contribution in [2.75, 3.05) is 19.5 Å². The quantitative estimate of drug-likeness (QED) is 0.899. The minimum atomic E-state index is -1.31. The van der Waals surface area contributed by atoms with Crippen molar-refractivity contribution in [2.24, 2.45) is 0 Å². The Bertz CT molecular complexity index is 689. The lowest BCUT2D eigenvalue weighted by molar-refractivity contribution is -0.255. The Labute approximate surface area is 127 Å².